The molecule has 0 aliphatic carbocycles. The third-order valence-electron chi connectivity index (χ3n) is 3.20. The van der Waals surface area contributed by atoms with Crippen LogP contribution in [0, 0.1) is 6.92 Å². The Bertz CT molecular complexity index is 570. The number of carbonyl (C=O) groups excluding carboxylic acids is 1. The van der Waals surface area contributed by atoms with Gasteiger partial charge in [-0.2, -0.15) is 5.10 Å². The van der Waals surface area contributed by atoms with Crippen molar-refractivity contribution in [2.24, 2.45) is 0 Å². The van der Waals surface area contributed by atoms with E-state index in [1.165, 1.54) is 5.56 Å². The third-order valence-corrected chi connectivity index (χ3v) is 3.20. The minimum absolute atomic E-state index is 0.457. The van der Waals surface area contributed by atoms with Crippen LogP contribution in [0.15, 0.2) is 24.3 Å². The molecular weight excluding hydrogens is 238 g/mol. The number of rotatable bonds is 5. The van der Waals surface area contributed by atoms with Crippen LogP contribution in [0.5, 0.6) is 0 Å². The fourth-order valence-electron chi connectivity index (χ4n) is 2.01. The van der Waals surface area contributed by atoms with Crippen LogP contribution in [0.1, 0.15) is 35.7 Å². The molecule has 1 aromatic heterocycles. The predicted molar refractivity (Wildman–Crippen MR) is 77.1 cm³/mol. The second-order valence-corrected chi connectivity index (χ2v) is 4.71. The number of aldehydes is 1. The van der Waals surface area contributed by atoms with E-state index in [0.717, 1.165) is 31.2 Å². The molecule has 2 aromatic rings. The number of unbranched alkanes of at least 4 members (excludes halogenated alkanes) is 1. The van der Waals surface area contributed by atoms with Crippen LogP contribution >= 0.6 is 0 Å². The summed E-state index contributed by atoms with van der Waals surface area (Å²) in [6.45, 7) is 4.88. The van der Waals surface area contributed by atoms with E-state index >= 15 is 0 Å². The maximum Gasteiger partial charge on any atom is 0.156 e. The molecule has 4 heteroatoms. The van der Waals surface area contributed by atoms with E-state index in [4.69, 9.17) is 5.73 Å². The highest BCUT2D eigenvalue weighted by atomic mass is 16.1. The molecule has 0 unspecified atom stereocenters. The van der Waals surface area contributed by atoms with Crippen molar-refractivity contribution in [1.82, 2.24) is 9.78 Å². The molecule has 0 amide bonds. The topological polar surface area (TPSA) is 60.9 Å². The van der Waals surface area contributed by atoms with Gasteiger partial charge in [0, 0.05) is 12.1 Å². The molecule has 0 spiro atoms. The number of aryl methyl sites for hydroxylation is 2. The second-order valence-electron chi connectivity index (χ2n) is 4.71. The van der Waals surface area contributed by atoms with Crippen molar-refractivity contribution in [3.63, 3.8) is 0 Å². The molecule has 19 heavy (non-hydrogen) atoms. The van der Waals surface area contributed by atoms with Crippen LogP contribution < -0.4 is 5.73 Å². The number of nitrogen functional groups attached to an aromatic ring is 1. The molecule has 2 N–H and O–H groups in total. The van der Waals surface area contributed by atoms with Gasteiger partial charge in [0.25, 0.3) is 0 Å². The number of nitrogens with two attached hydrogens (primary N) is 1. The summed E-state index contributed by atoms with van der Waals surface area (Å²) in [4.78, 5) is 11.2. The van der Waals surface area contributed by atoms with Crippen LogP contribution in [0.2, 0.25) is 0 Å². The van der Waals surface area contributed by atoms with Crippen molar-refractivity contribution < 1.29 is 4.79 Å². The van der Waals surface area contributed by atoms with E-state index in [2.05, 4.69) is 12.0 Å². The number of anilines is 1. The Balaban J connectivity index is 2.44. The molecular formula is C15H19N3O. The Morgan fingerprint density at radius 2 is 2.00 bits per heavy atom. The van der Waals surface area contributed by atoms with Gasteiger partial charge in [-0.15, -0.1) is 0 Å². The molecule has 1 aromatic carbocycles. The van der Waals surface area contributed by atoms with Gasteiger partial charge in [-0.3, -0.25) is 4.79 Å². The minimum Gasteiger partial charge on any atom is -0.383 e. The molecule has 4 nitrogen and oxygen atoms in total. The van der Waals surface area contributed by atoms with Crippen LogP contribution in [0.25, 0.3) is 11.3 Å². The number of nitrogens with zero attached hydrogens (tertiary/aromatic N) is 2. The van der Waals surface area contributed by atoms with E-state index in [9.17, 15) is 4.79 Å². The fraction of sp³-hybridized carbons (Fsp3) is 0.333. The summed E-state index contributed by atoms with van der Waals surface area (Å²) in [5, 5.41) is 4.48. The molecule has 0 saturated heterocycles. The van der Waals surface area contributed by atoms with Crippen molar-refractivity contribution in [2.75, 3.05) is 5.73 Å². The quantitative estimate of drug-likeness (QED) is 0.837. The largest absolute Gasteiger partial charge is 0.383 e. The van der Waals surface area contributed by atoms with Gasteiger partial charge >= 0.3 is 0 Å². The first-order valence-electron chi connectivity index (χ1n) is 6.55. The Morgan fingerprint density at radius 3 is 2.58 bits per heavy atom. The zero-order valence-corrected chi connectivity index (χ0v) is 11.4. The Labute approximate surface area is 113 Å². The number of hydrogen-bond acceptors (Lipinski definition) is 3. The molecule has 0 aliphatic rings. The highest BCUT2D eigenvalue weighted by Gasteiger charge is 2.16. The Hall–Kier alpha value is -2.10. The van der Waals surface area contributed by atoms with E-state index in [1.807, 2.05) is 31.2 Å². The predicted octanol–water partition coefficient (Wildman–Crippen LogP) is 3.05. The molecule has 0 radical (unpaired) electrons. The monoisotopic (exact) mass is 257 g/mol. The van der Waals surface area contributed by atoms with Crippen molar-refractivity contribution >= 4 is 12.1 Å². The Kier molecular flexibility index (Phi) is 4.00. The molecule has 100 valence electrons. The number of aromatic nitrogens is 2. The number of benzene rings is 1. The lowest BCUT2D eigenvalue weighted by atomic mass is 10.1. The smallest absolute Gasteiger partial charge is 0.156 e. The van der Waals surface area contributed by atoms with Gasteiger partial charge in [0.2, 0.25) is 0 Å². The third kappa shape index (κ3) is 2.67. The normalized spacial score (nSPS) is 10.6. The molecule has 1 heterocycles. The summed E-state index contributed by atoms with van der Waals surface area (Å²) >= 11 is 0. The highest BCUT2D eigenvalue weighted by molar-refractivity contribution is 5.91. The molecule has 0 saturated carbocycles. The minimum atomic E-state index is 0.457. The first kappa shape index (κ1) is 13.3. The average molecular weight is 257 g/mol. The van der Waals surface area contributed by atoms with Gasteiger partial charge in [0.05, 0.1) is 5.56 Å². The summed E-state index contributed by atoms with van der Waals surface area (Å²) < 4.78 is 1.72. The maximum absolute atomic E-state index is 11.2. The second kappa shape index (κ2) is 5.69. The lowest BCUT2D eigenvalue weighted by Crippen LogP contribution is -2.05. The zero-order chi connectivity index (χ0) is 13.8. The summed E-state index contributed by atoms with van der Waals surface area (Å²) in [7, 11) is 0. The van der Waals surface area contributed by atoms with Gasteiger partial charge in [-0.05, 0) is 13.3 Å². The summed E-state index contributed by atoms with van der Waals surface area (Å²) in [6.07, 6.45) is 2.85. The molecule has 0 bridgehead atoms. The van der Waals surface area contributed by atoms with Crippen molar-refractivity contribution in [2.45, 2.75) is 33.2 Å². The van der Waals surface area contributed by atoms with Gasteiger partial charge in [0.1, 0.15) is 11.5 Å². The van der Waals surface area contributed by atoms with Crippen molar-refractivity contribution in [3.8, 4) is 11.3 Å². The van der Waals surface area contributed by atoms with Crippen LogP contribution in [0.4, 0.5) is 5.82 Å². The summed E-state index contributed by atoms with van der Waals surface area (Å²) in [5.74, 6) is 0.457. The van der Waals surface area contributed by atoms with Gasteiger partial charge < -0.3 is 5.73 Å². The zero-order valence-electron chi connectivity index (χ0n) is 11.4. The number of hydrogen-bond donors (Lipinski definition) is 1. The molecule has 0 aliphatic heterocycles. The van der Waals surface area contributed by atoms with Crippen LogP contribution in [-0.2, 0) is 6.54 Å². The maximum atomic E-state index is 11.2. The van der Waals surface area contributed by atoms with Gasteiger partial charge in [-0.25, -0.2) is 4.68 Å². The summed E-state index contributed by atoms with van der Waals surface area (Å²) in [5.41, 5.74) is 9.25. The van der Waals surface area contributed by atoms with Crippen molar-refractivity contribution in [1.29, 1.82) is 0 Å². The lowest BCUT2D eigenvalue weighted by molar-refractivity contribution is 0.112. The number of carbonyl (C=O) groups is 1. The van der Waals surface area contributed by atoms with E-state index < -0.39 is 0 Å². The highest BCUT2D eigenvalue weighted by Crippen LogP contribution is 2.26. The Morgan fingerprint density at radius 1 is 1.32 bits per heavy atom. The average Bonchev–Trinajstić information content (AvgIpc) is 2.73. The van der Waals surface area contributed by atoms with Gasteiger partial charge in [-0.1, -0.05) is 43.2 Å². The molecule has 0 fully saturated rings. The van der Waals surface area contributed by atoms with Crippen LogP contribution in [-0.4, -0.2) is 16.1 Å². The molecule has 0 atom stereocenters. The van der Waals surface area contributed by atoms with Gasteiger partial charge in [0.15, 0.2) is 6.29 Å². The van der Waals surface area contributed by atoms with Crippen molar-refractivity contribution in [3.05, 3.63) is 35.4 Å². The fourth-order valence-corrected chi connectivity index (χ4v) is 2.01. The summed E-state index contributed by atoms with van der Waals surface area (Å²) in [6, 6.07) is 7.94. The first-order chi connectivity index (χ1) is 9.17. The first-order valence-corrected chi connectivity index (χ1v) is 6.55. The molecule has 2 rings (SSSR count). The van der Waals surface area contributed by atoms with Crippen LogP contribution in [0.3, 0.4) is 0 Å². The van der Waals surface area contributed by atoms with E-state index in [0.29, 0.717) is 17.1 Å². The SMILES string of the molecule is CCCCn1nc(-c2ccc(C)cc2)c(C=O)c1N. The standard InChI is InChI=1S/C15H19N3O/c1-3-4-9-18-15(16)13(10-19)14(17-18)12-7-5-11(2)6-8-12/h5-8,10H,3-4,9,16H2,1-2H3. The van der Waals surface area contributed by atoms with E-state index in [-0.39, 0.29) is 0 Å². The van der Waals surface area contributed by atoms with E-state index in [1.54, 1.807) is 4.68 Å². The lowest BCUT2D eigenvalue weighted by Gasteiger charge is -2.01.